The second-order valence-electron chi connectivity index (χ2n) is 4.48. The molecule has 0 saturated heterocycles. The molecule has 0 bridgehead atoms. The second kappa shape index (κ2) is 6.16. The van der Waals surface area contributed by atoms with Crippen LogP contribution in [0, 0.1) is 0 Å². The summed E-state index contributed by atoms with van der Waals surface area (Å²) in [6.45, 7) is 1.55. The third kappa shape index (κ3) is 2.95. The first kappa shape index (κ1) is 12.6. The lowest BCUT2D eigenvalue weighted by atomic mass is 10.0. The zero-order valence-electron chi connectivity index (χ0n) is 11.0. The van der Waals surface area contributed by atoms with Gasteiger partial charge in [-0.15, -0.1) is 5.10 Å². The minimum atomic E-state index is 0.0507. The summed E-state index contributed by atoms with van der Waals surface area (Å²) in [7, 11) is 0. The lowest BCUT2D eigenvalue weighted by molar-refractivity contribution is 0.432. The highest BCUT2D eigenvalue weighted by Crippen LogP contribution is 2.21. The van der Waals surface area contributed by atoms with Crippen LogP contribution in [-0.4, -0.2) is 21.5 Å². The summed E-state index contributed by atoms with van der Waals surface area (Å²) < 4.78 is 7.34. The zero-order valence-corrected chi connectivity index (χ0v) is 11.0. The molecule has 5 nitrogen and oxygen atoms in total. The minimum absolute atomic E-state index is 0.0507. The van der Waals surface area contributed by atoms with Gasteiger partial charge in [0.1, 0.15) is 5.76 Å². The van der Waals surface area contributed by atoms with Gasteiger partial charge in [-0.1, -0.05) is 35.5 Å². The molecular weight excluding hydrogens is 252 g/mol. The molecule has 3 aromatic rings. The maximum Gasteiger partial charge on any atom is 0.125 e. The molecule has 1 N–H and O–H groups in total. The monoisotopic (exact) mass is 268 g/mol. The Labute approximate surface area is 117 Å². The minimum Gasteiger partial charge on any atom is -0.467 e. The Kier molecular flexibility index (Phi) is 3.89. The Morgan fingerprint density at radius 2 is 2.05 bits per heavy atom. The molecule has 1 aromatic carbocycles. The van der Waals surface area contributed by atoms with Crippen molar-refractivity contribution >= 4 is 0 Å². The first-order chi connectivity index (χ1) is 9.93. The summed E-state index contributed by atoms with van der Waals surface area (Å²) in [5.74, 6) is 0.912. The fourth-order valence-electron chi connectivity index (χ4n) is 2.16. The van der Waals surface area contributed by atoms with Crippen molar-refractivity contribution in [3.05, 3.63) is 72.4 Å². The number of hydrogen-bond donors (Lipinski definition) is 1. The van der Waals surface area contributed by atoms with Crippen molar-refractivity contribution in [2.75, 3.05) is 6.54 Å². The third-order valence-electron chi connectivity index (χ3n) is 3.12. The lowest BCUT2D eigenvalue weighted by Crippen LogP contribution is -2.26. The van der Waals surface area contributed by atoms with Crippen LogP contribution in [0.25, 0.3) is 0 Å². The predicted molar refractivity (Wildman–Crippen MR) is 75.0 cm³/mol. The smallest absolute Gasteiger partial charge is 0.125 e. The fourth-order valence-corrected chi connectivity index (χ4v) is 2.16. The molecule has 20 heavy (non-hydrogen) atoms. The van der Waals surface area contributed by atoms with Gasteiger partial charge in [0, 0.05) is 12.7 Å². The van der Waals surface area contributed by atoms with Crippen molar-refractivity contribution in [2.24, 2.45) is 0 Å². The van der Waals surface area contributed by atoms with E-state index in [2.05, 4.69) is 27.8 Å². The van der Waals surface area contributed by atoms with E-state index in [1.54, 1.807) is 17.1 Å². The Morgan fingerprint density at radius 3 is 2.75 bits per heavy atom. The summed E-state index contributed by atoms with van der Waals surface area (Å²) >= 11 is 0. The molecule has 0 spiro atoms. The highest BCUT2D eigenvalue weighted by molar-refractivity contribution is 5.26. The second-order valence-corrected chi connectivity index (χ2v) is 4.48. The van der Waals surface area contributed by atoms with E-state index >= 15 is 0 Å². The van der Waals surface area contributed by atoms with E-state index in [1.807, 2.05) is 36.5 Å². The van der Waals surface area contributed by atoms with E-state index in [4.69, 9.17) is 4.42 Å². The molecule has 0 aliphatic rings. The van der Waals surface area contributed by atoms with Crippen LogP contribution in [0.3, 0.4) is 0 Å². The van der Waals surface area contributed by atoms with E-state index in [1.165, 1.54) is 5.56 Å². The van der Waals surface area contributed by atoms with Crippen LogP contribution in [-0.2, 0) is 6.54 Å². The molecule has 3 rings (SSSR count). The Morgan fingerprint density at radius 1 is 1.15 bits per heavy atom. The van der Waals surface area contributed by atoms with Crippen molar-refractivity contribution in [1.82, 2.24) is 20.3 Å². The van der Waals surface area contributed by atoms with Crippen molar-refractivity contribution in [3.8, 4) is 0 Å². The molecular formula is C15H16N4O. The first-order valence-electron chi connectivity index (χ1n) is 6.59. The fraction of sp³-hybridized carbons (Fsp3) is 0.200. The van der Waals surface area contributed by atoms with E-state index in [0.717, 1.165) is 18.8 Å². The maximum atomic E-state index is 5.54. The molecule has 1 atom stereocenters. The Bertz CT molecular complexity index is 605. The number of aromatic nitrogens is 3. The Balaban J connectivity index is 1.70. The third-order valence-corrected chi connectivity index (χ3v) is 3.12. The normalized spacial score (nSPS) is 12.4. The molecule has 0 fully saturated rings. The molecule has 2 heterocycles. The van der Waals surface area contributed by atoms with Crippen molar-refractivity contribution in [2.45, 2.75) is 12.6 Å². The van der Waals surface area contributed by atoms with Gasteiger partial charge in [-0.05, 0) is 17.7 Å². The molecule has 0 saturated carbocycles. The summed E-state index contributed by atoms with van der Waals surface area (Å²) in [6.07, 6.45) is 5.23. The van der Waals surface area contributed by atoms with Gasteiger partial charge in [-0.25, -0.2) is 0 Å². The molecule has 1 unspecified atom stereocenters. The Hall–Kier alpha value is -2.40. The number of nitrogens with zero attached hydrogens (tertiary/aromatic N) is 3. The van der Waals surface area contributed by atoms with E-state index in [-0.39, 0.29) is 6.04 Å². The first-order valence-corrected chi connectivity index (χ1v) is 6.59. The van der Waals surface area contributed by atoms with Gasteiger partial charge in [0.15, 0.2) is 0 Å². The largest absolute Gasteiger partial charge is 0.467 e. The maximum absolute atomic E-state index is 5.54. The van der Waals surface area contributed by atoms with Crippen LogP contribution >= 0.6 is 0 Å². The van der Waals surface area contributed by atoms with Gasteiger partial charge >= 0.3 is 0 Å². The standard InChI is InChI=1S/C15H16N4O/c1-2-5-13(6-3-1)15(14-7-4-12-20-14)16-8-10-19-11-9-17-18-19/h1-7,9,11-12,15-16H,8,10H2. The van der Waals surface area contributed by atoms with Gasteiger partial charge in [-0.2, -0.15) is 0 Å². The van der Waals surface area contributed by atoms with Crippen LogP contribution in [0.1, 0.15) is 17.4 Å². The van der Waals surface area contributed by atoms with Crippen LogP contribution < -0.4 is 5.32 Å². The van der Waals surface area contributed by atoms with Crippen LogP contribution in [0.5, 0.6) is 0 Å². The number of benzene rings is 1. The number of hydrogen-bond acceptors (Lipinski definition) is 4. The molecule has 2 aromatic heterocycles. The topological polar surface area (TPSA) is 55.9 Å². The van der Waals surface area contributed by atoms with Gasteiger partial charge in [0.2, 0.25) is 0 Å². The molecule has 0 aliphatic heterocycles. The SMILES string of the molecule is c1ccc(C(NCCn2ccnn2)c2ccco2)cc1. The van der Waals surface area contributed by atoms with Gasteiger partial charge in [-0.3, -0.25) is 4.68 Å². The van der Waals surface area contributed by atoms with E-state index < -0.39 is 0 Å². The lowest BCUT2D eigenvalue weighted by Gasteiger charge is -2.17. The molecule has 0 radical (unpaired) electrons. The van der Waals surface area contributed by atoms with Crippen LogP contribution in [0.4, 0.5) is 0 Å². The van der Waals surface area contributed by atoms with Crippen molar-refractivity contribution in [1.29, 1.82) is 0 Å². The summed E-state index contributed by atoms with van der Waals surface area (Å²) in [5.41, 5.74) is 1.18. The predicted octanol–water partition coefficient (Wildman–Crippen LogP) is 2.25. The molecule has 5 heteroatoms. The molecule has 0 amide bonds. The molecule has 102 valence electrons. The van der Waals surface area contributed by atoms with Crippen molar-refractivity contribution in [3.63, 3.8) is 0 Å². The zero-order chi connectivity index (χ0) is 13.6. The summed E-state index contributed by atoms with van der Waals surface area (Å²) in [5, 5.41) is 11.2. The summed E-state index contributed by atoms with van der Waals surface area (Å²) in [4.78, 5) is 0. The van der Waals surface area contributed by atoms with E-state index in [9.17, 15) is 0 Å². The molecule has 0 aliphatic carbocycles. The average Bonchev–Trinajstić information content (AvgIpc) is 3.18. The van der Waals surface area contributed by atoms with Gasteiger partial charge in [0.25, 0.3) is 0 Å². The van der Waals surface area contributed by atoms with Crippen molar-refractivity contribution < 1.29 is 4.42 Å². The van der Waals surface area contributed by atoms with Crippen LogP contribution in [0.15, 0.2) is 65.5 Å². The summed E-state index contributed by atoms with van der Waals surface area (Å²) in [6, 6.07) is 14.2. The van der Waals surface area contributed by atoms with E-state index in [0.29, 0.717) is 0 Å². The van der Waals surface area contributed by atoms with Gasteiger partial charge in [0.05, 0.1) is 25.0 Å². The van der Waals surface area contributed by atoms with Crippen LogP contribution in [0.2, 0.25) is 0 Å². The number of furan rings is 1. The highest BCUT2D eigenvalue weighted by Gasteiger charge is 2.15. The highest BCUT2D eigenvalue weighted by atomic mass is 16.3. The number of rotatable bonds is 6. The average molecular weight is 268 g/mol. The van der Waals surface area contributed by atoms with Gasteiger partial charge < -0.3 is 9.73 Å². The quantitative estimate of drug-likeness (QED) is 0.745. The number of nitrogens with one attached hydrogen (secondary N) is 1.